The van der Waals surface area contributed by atoms with E-state index in [4.69, 9.17) is 0 Å². The molecule has 0 aromatic heterocycles. The Kier molecular flexibility index (Phi) is 1.86. The van der Waals surface area contributed by atoms with E-state index in [1.54, 1.807) is 18.2 Å². The number of nitrogens with zero attached hydrogens (tertiary/aromatic N) is 3. The summed E-state index contributed by atoms with van der Waals surface area (Å²) in [7, 11) is 0. The first-order valence-corrected chi connectivity index (χ1v) is 4.93. The SMILES string of the molecule is O=C1C=CC=CC1=[N+]1N=c2ccccc2=N1. The van der Waals surface area contributed by atoms with E-state index in [0.717, 1.165) is 10.7 Å². The van der Waals surface area contributed by atoms with Gasteiger partial charge < -0.3 is 0 Å². The Morgan fingerprint density at radius 3 is 2.19 bits per heavy atom. The van der Waals surface area contributed by atoms with Crippen LogP contribution in [0.1, 0.15) is 0 Å². The zero-order chi connectivity index (χ0) is 11.0. The van der Waals surface area contributed by atoms with Crippen LogP contribution in [0.5, 0.6) is 0 Å². The Balaban J connectivity index is 2.23. The Bertz CT molecular complexity index is 643. The van der Waals surface area contributed by atoms with Gasteiger partial charge in [-0.1, -0.05) is 24.3 Å². The molecule has 76 valence electrons. The molecule has 0 radical (unpaired) electrons. The molecule has 4 nitrogen and oxygen atoms in total. The molecule has 2 aliphatic rings. The second-order valence-electron chi connectivity index (χ2n) is 3.45. The van der Waals surface area contributed by atoms with Gasteiger partial charge in [0.05, 0.1) is 4.79 Å². The van der Waals surface area contributed by atoms with Gasteiger partial charge in [0.25, 0.3) is 5.78 Å². The van der Waals surface area contributed by atoms with Crippen LogP contribution in [0.4, 0.5) is 0 Å². The third kappa shape index (κ3) is 1.32. The van der Waals surface area contributed by atoms with E-state index in [-0.39, 0.29) is 5.78 Å². The highest BCUT2D eigenvalue weighted by atomic mass is 16.1. The van der Waals surface area contributed by atoms with E-state index in [1.165, 1.54) is 10.9 Å². The smallest absolute Gasteiger partial charge is 0.282 e. The highest BCUT2D eigenvalue weighted by molar-refractivity contribution is 6.46. The summed E-state index contributed by atoms with van der Waals surface area (Å²) in [5, 5.41) is 10.1. The van der Waals surface area contributed by atoms with Crippen LogP contribution >= 0.6 is 0 Å². The first kappa shape index (κ1) is 8.91. The Morgan fingerprint density at radius 1 is 0.938 bits per heavy atom. The zero-order valence-electron chi connectivity index (χ0n) is 8.37. The number of allylic oxidation sites excluding steroid dienone is 4. The van der Waals surface area contributed by atoms with Gasteiger partial charge in [-0.25, -0.2) is 0 Å². The molecule has 0 N–H and O–H groups in total. The van der Waals surface area contributed by atoms with Crippen LogP contribution in [0.2, 0.25) is 0 Å². The molecule has 0 amide bonds. The van der Waals surface area contributed by atoms with E-state index >= 15 is 0 Å². The van der Waals surface area contributed by atoms with E-state index in [9.17, 15) is 4.79 Å². The molecule has 1 aromatic rings. The number of hydrogen-bond acceptors (Lipinski definition) is 3. The maximum absolute atomic E-state index is 11.6. The van der Waals surface area contributed by atoms with Gasteiger partial charge in [-0.05, 0) is 18.2 Å². The second kappa shape index (κ2) is 3.34. The van der Waals surface area contributed by atoms with Crippen LogP contribution < -0.4 is 10.7 Å². The fourth-order valence-corrected chi connectivity index (χ4v) is 1.59. The number of carbonyl (C=O) groups excluding carboxylic acids is 1. The van der Waals surface area contributed by atoms with Gasteiger partial charge in [0.15, 0.2) is 10.7 Å². The number of rotatable bonds is 0. The van der Waals surface area contributed by atoms with Gasteiger partial charge in [-0.15, -0.1) is 0 Å². The zero-order valence-corrected chi connectivity index (χ0v) is 8.37. The lowest BCUT2D eigenvalue weighted by molar-refractivity contribution is -0.539. The molecule has 0 saturated heterocycles. The maximum Gasteiger partial charge on any atom is 0.315 e. The molecule has 0 unspecified atom stereocenters. The van der Waals surface area contributed by atoms with Crippen molar-refractivity contribution < 1.29 is 9.59 Å². The summed E-state index contributed by atoms with van der Waals surface area (Å²) in [6.45, 7) is 0. The summed E-state index contributed by atoms with van der Waals surface area (Å²) < 4.78 is 0. The molecular weight excluding hydrogens is 202 g/mol. The molecule has 0 saturated carbocycles. The lowest BCUT2D eigenvalue weighted by atomic mass is 10.1. The topological polar surface area (TPSA) is 44.8 Å². The molecule has 0 fully saturated rings. The molecule has 1 aliphatic carbocycles. The predicted molar refractivity (Wildman–Crippen MR) is 57.3 cm³/mol. The summed E-state index contributed by atoms with van der Waals surface area (Å²) in [5.74, 6) is -0.0807. The van der Waals surface area contributed by atoms with E-state index in [1.807, 2.05) is 24.3 Å². The monoisotopic (exact) mass is 210 g/mol. The summed E-state index contributed by atoms with van der Waals surface area (Å²) in [6.07, 6.45) is 6.71. The Labute approximate surface area is 91.2 Å². The number of fused-ring (bicyclic) bond motifs is 1. The minimum atomic E-state index is -0.0807. The molecule has 1 aromatic carbocycles. The minimum absolute atomic E-state index is 0.0807. The standard InChI is InChI=1S/C12H8N3O/c16-12-8-4-3-7-11(12)15-13-9-5-1-2-6-10(9)14-15/h1-8H/q+1. The van der Waals surface area contributed by atoms with Crippen LogP contribution in [0, 0.1) is 0 Å². The highest BCUT2D eigenvalue weighted by Gasteiger charge is 2.23. The molecule has 3 rings (SSSR count). The molecule has 16 heavy (non-hydrogen) atoms. The van der Waals surface area contributed by atoms with Crippen molar-refractivity contribution in [1.29, 1.82) is 0 Å². The average molecular weight is 210 g/mol. The number of hydrogen-bond donors (Lipinski definition) is 0. The largest absolute Gasteiger partial charge is 0.315 e. The lowest BCUT2D eigenvalue weighted by Crippen LogP contribution is -2.19. The maximum atomic E-state index is 11.6. The van der Waals surface area contributed by atoms with E-state index < -0.39 is 0 Å². The summed E-state index contributed by atoms with van der Waals surface area (Å²) in [5.41, 5.74) is 0.471. The second-order valence-corrected chi connectivity index (χ2v) is 3.45. The quantitative estimate of drug-likeness (QED) is 0.436. The minimum Gasteiger partial charge on any atom is -0.282 e. The first-order chi connectivity index (χ1) is 7.84. The van der Waals surface area contributed by atoms with Crippen LogP contribution in [0.15, 0.2) is 58.8 Å². The fourth-order valence-electron chi connectivity index (χ4n) is 1.59. The van der Waals surface area contributed by atoms with Gasteiger partial charge in [0.1, 0.15) is 0 Å². The van der Waals surface area contributed by atoms with Crippen molar-refractivity contribution in [3.05, 3.63) is 59.3 Å². The third-order valence-electron chi connectivity index (χ3n) is 2.37. The van der Waals surface area contributed by atoms with Crippen molar-refractivity contribution in [3.63, 3.8) is 0 Å². The fraction of sp³-hybridized carbons (Fsp3) is 0. The van der Waals surface area contributed by atoms with Crippen molar-refractivity contribution in [2.24, 2.45) is 10.2 Å². The number of benzene rings is 1. The molecule has 0 atom stereocenters. The Morgan fingerprint density at radius 2 is 1.56 bits per heavy atom. The Hall–Kier alpha value is -2.36. The summed E-state index contributed by atoms with van der Waals surface area (Å²) in [6, 6.07) is 7.52. The van der Waals surface area contributed by atoms with E-state index in [2.05, 4.69) is 10.2 Å². The summed E-state index contributed by atoms with van der Waals surface area (Å²) >= 11 is 0. The molecule has 0 bridgehead atoms. The molecular formula is C12H8N3O+. The molecule has 1 aliphatic heterocycles. The van der Waals surface area contributed by atoms with Gasteiger partial charge in [0.2, 0.25) is 0 Å². The first-order valence-electron chi connectivity index (χ1n) is 4.93. The van der Waals surface area contributed by atoms with Crippen LogP contribution in [-0.2, 0) is 4.79 Å². The third-order valence-corrected chi connectivity index (χ3v) is 2.37. The van der Waals surface area contributed by atoms with Crippen LogP contribution in [-0.4, -0.2) is 16.3 Å². The van der Waals surface area contributed by atoms with Crippen molar-refractivity contribution in [3.8, 4) is 0 Å². The van der Waals surface area contributed by atoms with Gasteiger partial charge in [-0.3, -0.25) is 4.79 Å². The average Bonchev–Trinajstić information content (AvgIpc) is 2.73. The lowest BCUT2D eigenvalue weighted by Gasteiger charge is -1.91. The highest BCUT2D eigenvalue weighted by Crippen LogP contribution is 1.98. The number of carbonyl (C=O) groups is 1. The molecule has 4 heteroatoms. The summed E-state index contributed by atoms with van der Waals surface area (Å²) in [4.78, 5) is 13.0. The van der Waals surface area contributed by atoms with Crippen molar-refractivity contribution in [1.82, 2.24) is 0 Å². The molecule has 0 spiro atoms. The normalized spacial score (nSPS) is 17.1. The van der Waals surface area contributed by atoms with Crippen LogP contribution in [0.3, 0.4) is 0 Å². The number of ketones is 1. The van der Waals surface area contributed by atoms with Gasteiger partial charge >= 0.3 is 5.71 Å². The van der Waals surface area contributed by atoms with Crippen LogP contribution in [0.25, 0.3) is 0 Å². The van der Waals surface area contributed by atoms with Gasteiger partial charge in [0, 0.05) is 16.3 Å². The van der Waals surface area contributed by atoms with Crippen molar-refractivity contribution in [2.45, 2.75) is 0 Å². The van der Waals surface area contributed by atoms with Gasteiger partial charge in [-0.2, -0.15) is 0 Å². The van der Waals surface area contributed by atoms with E-state index in [0.29, 0.717) is 5.71 Å². The van der Waals surface area contributed by atoms with Crippen molar-refractivity contribution >= 4 is 11.5 Å². The predicted octanol–water partition coefficient (Wildman–Crippen LogP) is -0.0820. The van der Waals surface area contributed by atoms with Crippen molar-refractivity contribution in [2.75, 3.05) is 0 Å². The molecule has 1 heterocycles.